The lowest BCUT2D eigenvalue weighted by Crippen LogP contribution is -2.63. The lowest BCUT2D eigenvalue weighted by Gasteiger charge is -2.48. The summed E-state index contributed by atoms with van der Waals surface area (Å²) in [6, 6.07) is 2.80. The van der Waals surface area contributed by atoms with Crippen LogP contribution in [0.25, 0.3) is 0 Å². The molecule has 15 nitrogen and oxygen atoms in total. The van der Waals surface area contributed by atoms with Crippen LogP contribution in [0.1, 0.15) is 68.2 Å². The number of Topliss-reactive ketones (excluding diaryl/α,β-unsaturated/α-hetero) is 2. The summed E-state index contributed by atoms with van der Waals surface area (Å²) in [6.45, 7) is 5.92. The maximum atomic E-state index is 14.8. The van der Waals surface area contributed by atoms with E-state index in [0.717, 1.165) is 33.3 Å². The van der Waals surface area contributed by atoms with Gasteiger partial charge in [-0.05, 0) is 30.9 Å². The van der Waals surface area contributed by atoms with E-state index in [4.69, 9.17) is 37.9 Å². The smallest absolute Gasteiger partial charge is 0.303 e. The zero-order chi connectivity index (χ0) is 36.6. The second kappa shape index (κ2) is 14.9. The van der Waals surface area contributed by atoms with Gasteiger partial charge in [0, 0.05) is 46.6 Å². The highest BCUT2D eigenvalue weighted by molar-refractivity contribution is 6.19. The summed E-state index contributed by atoms with van der Waals surface area (Å²) in [5.74, 6) is -6.70. The number of esters is 4. The second-order valence-corrected chi connectivity index (χ2v) is 13.1. The topological polar surface area (TPSA) is 196 Å². The fourth-order valence-electron chi connectivity index (χ4n) is 7.74. The molecular weight excluding hydrogens is 660 g/mol. The molecule has 11 atom stereocenters. The average Bonchev–Trinajstić information content (AvgIpc) is 3.03. The van der Waals surface area contributed by atoms with Gasteiger partial charge in [-0.15, -0.1) is 0 Å². The van der Waals surface area contributed by atoms with Crippen molar-refractivity contribution in [3.05, 3.63) is 34.9 Å². The maximum absolute atomic E-state index is 14.8. The zero-order valence-electron chi connectivity index (χ0n) is 28.9. The molecule has 0 unspecified atom stereocenters. The van der Waals surface area contributed by atoms with Gasteiger partial charge in [0.15, 0.2) is 23.8 Å². The molecule has 5 rings (SSSR count). The van der Waals surface area contributed by atoms with Crippen LogP contribution in [-0.2, 0) is 47.6 Å². The van der Waals surface area contributed by atoms with E-state index < -0.39 is 103 Å². The number of methoxy groups -OCH3 is 2. The van der Waals surface area contributed by atoms with Crippen molar-refractivity contribution in [2.45, 2.75) is 90.4 Å². The van der Waals surface area contributed by atoms with E-state index in [-0.39, 0.29) is 28.5 Å². The first-order valence-corrected chi connectivity index (χ1v) is 16.3. The molecule has 3 aliphatic carbocycles. The van der Waals surface area contributed by atoms with Crippen molar-refractivity contribution in [3.8, 4) is 11.5 Å². The minimum atomic E-state index is -1.66. The van der Waals surface area contributed by atoms with E-state index in [1.807, 2.05) is 13.0 Å². The molecule has 1 aromatic rings. The normalized spacial score (nSPS) is 33.0. The molecule has 1 heterocycles. The van der Waals surface area contributed by atoms with E-state index in [9.17, 15) is 33.9 Å². The molecule has 50 heavy (non-hydrogen) atoms. The highest BCUT2D eigenvalue weighted by atomic mass is 16.7. The number of benzene rings is 1. The van der Waals surface area contributed by atoms with Crippen LogP contribution in [0.3, 0.4) is 0 Å². The molecule has 0 bridgehead atoms. The monoisotopic (exact) mass is 702 g/mol. The van der Waals surface area contributed by atoms with Crippen molar-refractivity contribution in [3.63, 3.8) is 0 Å². The van der Waals surface area contributed by atoms with Crippen LogP contribution in [0.5, 0.6) is 11.5 Å². The first-order valence-electron chi connectivity index (χ1n) is 16.3. The Balaban J connectivity index is 1.63. The third-order valence-corrected chi connectivity index (χ3v) is 9.49. The van der Waals surface area contributed by atoms with E-state index in [2.05, 4.69) is 0 Å². The molecule has 1 saturated carbocycles. The van der Waals surface area contributed by atoms with Crippen molar-refractivity contribution in [2.75, 3.05) is 20.8 Å². The van der Waals surface area contributed by atoms with Gasteiger partial charge >= 0.3 is 23.9 Å². The zero-order valence-corrected chi connectivity index (χ0v) is 28.9. The highest BCUT2D eigenvalue weighted by Gasteiger charge is 2.57. The van der Waals surface area contributed by atoms with E-state index in [1.165, 1.54) is 26.4 Å². The Bertz CT molecular complexity index is 1580. The minimum Gasteiger partial charge on any atom is -0.496 e. The Morgan fingerprint density at radius 3 is 1.98 bits per heavy atom. The molecule has 1 N–H and O–H groups in total. The quantitative estimate of drug-likeness (QED) is 0.223. The number of carbonyl (C=O) groups excluding carboxylic acids is 6. The lowest BCUT2D eigenvalue weighted by molar-refractivity contribution is -0.288. The summed E-state index contributed by atoms with van der Waals surface area (Å²) in [6.07, 6.45) is -6.27. The molecule has 0 aromatic heterocycles. The van der Waals surface area contributed by atoms with Crippen LogP contribution in [0, 0.1) is 23.7 Å². The first kappa shape index (κ1) is 36.9. The predicted octanol–water partition coefficient (Wildman–Crippen LogP) is 2.13. The molecule has 0 radical (unpaired) electrons. The van der Waals surface area contributed by atoms with Gasteiger partial charge in [-0.3, -0.25) is 28.8 Å². The predicted molar refractivity (Wildman–Crippen MR) is 168 cm³/mol. The standard InChI is InChI=1S/C35H42O15/c1-14-10-19-12-23(44-7)28-29(25(19)20(40)11-14)31(42)27-22(9-8-21(43-6)26(27)30(28)41)49-35-34(48-18(5)39)33(47-17(4)38)32(46-16(3)37)24(50-35)13-45-15(2)36/h8-9,12,14,20,23-25,28-29,32-35,40H,10-11,13H2,1-7H3/t14-,20-,23-,24+,25-,28-,29+,32+,33-,34+,35+/m0/s1. The second-order valence-electron chi connectivity index (χ2n) is 13.1. The first-order chi connectivity index (χ1) is 23.7. The molecule has 1 aliphatic heterocycles. The largest absolute Gasteiger partial charge is 0.496 e. The average molecular weight is 703 g/mol. The SMILES string of the molecule is COc1ccc(O[C@@H]2O[C@H](COC(C)=O)[C@@H](OC(C)=O)[C@H](OC(C)=O)[C@H]2OC(C)=O)c2c1C(=O)[C@@H]1[C@H](C2=O)[C@H]2C(=C[C@@H]1OC)C[C@H](C)C[C@@H]2O. The summed E-state index contributed by atoms with van der Waals surface area (Å²) >= 11 is 0. The van der Waals surface area contributed by atoms with Gasteiger partial charge in [-0.1, -0.05) is 18.6 Å². The molecule has 1 saturated heterocycles. The maximum Gasteiger partial charge on any atom is 0.303 e. The third kappa shape index (κ3) is 7.12. The number of aliphatic hydroxyl groups excluding tert-OH is 1. The summed E-state index contributed by atoms with van der Waals surface area (Å²) in [4.78, 5) is 77.8. The fourth-order valence-corrected chi connectivity index (χ4v) is 7.74. The van der Waals surface area contributed by atoms with Crippen LogP contribution in [0.2, 0.25) is 0 Å². The van der Waals surface area contributed by atoms with E-state index in [1.54, 1.807) is 0 Å². The molecular formula is C35H42O15. The van der Waals surface area contributed by atoms with Crippen LogP contribution >= 0.6 is 0 Å². The highest BCUT2D eigenvalue weighted by Crippen LogP contribution is 2.52. The number of ether oxygens (including phenoxy) is 8. The fraction of sp³-hybridized carbons (Fsp3) is 0.600. The molecule has 272 valence electrons. The lowest BCUT2D eigenvalue weighted by atomic mass is 9.57. The Kier molecular flexibility index (Phi) is 11.0. The Morgan fingerprint density at radius 1 is 0.800 bits per heavy atom. The van der Waals surface area contributed by atoms with Crippen molar-refractivity contribution >= 4 is 35.4 Å². The molecule has 0 spiro atoms. The summed E-state index contributed by atoms with van der Waals surface area (Å²) in [7, 11) is 2.80. The third-order valence-electron chi connectivity index (χ3n) is 9.49. The van der Waals surface area contributed by atoms with Gasteiger partial charge in [0.1, 0.15) is 24.2 Å². The molecule has 2 fully saturated rings. The number of fused-ring (bicyclic) bond motifs is 4. The Labute approximate surface area is 288 Å². The number of aliphatic hydroxyl groups is 1. The number of hydrogen-bond donors (Lipinski definition) is 1. The van der Waals surface area contributed by atoms with Crippen molar-refractivity contribution < 1.29 is 71.8 Å². The van der Waals surface area contributed by atoms with Gasteiger partial charge in [0.05, 0.1) is 36.4 Å². The Hall–Kier alpha value is -4.34. The molecule has 0 amide bonds. The summed E-state index contributed by atoms with van der Waals surface area (Å²) in [5.41, 5.74) is 0.615. The van der Waals surface area contributed by atoms with Gasteiger partial charge in [-0.25, -0.2) is 0 Å². The van der Waals surface area contributed by atoms with Crippen molar-refractivity contribution in [2.24, 2.45) is 23.7 Å². The van der Waals surface area contributed by atoms with E-state index in [0.29, 0.717) is 12.8 Å². The van der Waals surface area contributed by atoms with Gasteiger partial charge in [-0.2, -0.15) is 0 Å². The van der Waals surface area contributed by atoms with Gasteiger partial charge in [0.25, 0.3) is 0 Å². The van der Waals surface area contributed by atoms with Gasteiger partial charge < -0.3 is 43.0 Å². The molecule has 4 aliphatic rings. The summed E-state index contributed by atoms with van der Waals surface area (Å²) in [5, 5.41) is 11.3. The van der Waals surface area contributed by atoms with Crippen LogP contribution in [-0.4, -0.2) is 104 Å². The van der Waals surface area contributed by atoms with Crippen LogP contribution in [0.15, 0.2) is 23.8 Å². The number of rotatable bonds is 9. The minimum absolute atomic E-state index is 0.0700. The number of carbonyl (C=O) groups is 6. The molecule has 1 aromatic carbocycles. The molecule has 15 heteroatoms. The van der Waals surface area contributed by atoms with E-state index >= 15 is 0 Å². The van der Waals surface area contributed by atoms with Crippen molar-refractivity contribution in [1.82, 2.24) is 0 Å². The van der Waals surface area contributed by atoms with Gasteiger partial charge in [0.2, 0.25) is 12.4 Å². The summed E-state index contributed by atoms with van der Waals surface area (Å²) < 4.78 is 45.3. The van der Waals surface area contributed by atoms with Crippen LogP contribution in [0.4, 0.5) is 0 Å². The van der Waals surface area contributed by atoms with Crippen LogP contribution < -0.4 is 9.47 Å². The Morgan fingerprint density at radius 2 is 1.38 bits per heavy atom. The number of ketones is 2. The number of hydrogen-bond acceptors (Lipinski definition) is 15. The van der Waals surface area contributed by atoms with Crippen molar-refractivity contribution in [1.29, 1.82) is 0 Å².